The summed E-state index contributed by atoms with van der Waals surface area (Å²) in [6, 6.07) is 0.750. The Bertz CT molecular complexity index is 238. The number of hydrogen-bond donors (Lipinski definition) is 4. The van der Waals surface area contributed by atoms with E-state index in [0.29, 0.717) is 19.4 Å². The summed E-state index contributed by atoms with van der Waals surface area (Å²) < 4.78 is 0. The van der Waals surface area contributed by atoms with Gasteiger partial charge in [-0.15, -0.1) is 0 Å². The van der Waals surface area contributed by atoms with Gasteiger partial charge in [-0.2, -0.15) is 0 Å². The maximum atomic E-state index is 10.2. The van der Waals surface area contributed by atoms with E-state index in [1.165, 1.54) is 17.9 Å². The van der Waals surface area contributed by atoms with Crippen LogP contribution in [0.5, 0.6) is 0 Å². The van der Waals surface area contributed by atoms with Crippen molar-refractivity contribution in [2.24, 2.45) is 0 Å². The molecule has 2 atom stereocenters. The van der Waals surface area contributed by atoms with E-state index in [4.69, 9.17) is 10.0 Å². The van der Waals surface area contributed by atoms with Crippen LogP contribution < -0.4 is 10.6 Å². The first kappa shape index (κ1) is 15.4. The largest absolute Gasteiger partial charge is 0.475 e. The molecule has 0 aromatic carbocycles. The van der Waals surface area contributed by atoms with E-state index >= 15 is 0 Å². The van der Waals surface area contributed by atoms with Crippen LogP contribution in [0.25, 0.3) is 0 Å². The standard InChI is InChI=1S/C6H14N2.C5H10BNO3/c1-2-8-6-3-4-7-5-6;8-4-7-3-1-2-5(7)6(9)10/h6-8H,2-5H2,1H3;4-5,9-10H,1-3H2. The normalized spacial score (nSPS) is 26.7. The molecule has 2 rings (SSSR count). The first-order chi connectivity index (χ1) is 8.69. The van der Waals surface area contributed by atoms with Crippen LogP contribution in [0.4, 0.5) is 0 Å². The van der Waals surface area contributed by atoms with E-state index < -0.39 is 7.12 Å². The van der Waals surface area contributed by atoms with Gasteiger partial charge in [0.05, 0.1) is 5.94 Å². The van der Waals surface area contributed by atoms with Crippen molar-refractivity contribution in [3.8, 4) is 0 Å². The van der Waals surface area contributed by atoms with Crippen molar-refractivity contribution < 1.29 is 14.8 Å². The first-order valence-electron chi connectivity index (χ1n) is 6.70. The predicted octanol–water partition coefficient (Wildman–Crippen LogP) is -1.42. The highest BCUT2D eigenvalue weighted by molar-refractivity contribution is 6.43. The van der Waals surface area contributed by atoms with Gasteiger partial charge >= 0.3 is 7.12 Å². The van der Waals surface area contributed by atoms with Gasteiger partial charge in [0.1, 0.15) is 0 Å². The van der Waals surface area contributed by atoms with Crippen LogP contribution in [-0.4, -0.2) is 66.6 Å². The molecule has 6 nitrogen and oxygen atoms in total. The molecule has 2 aliphatic heterocycles. The maximum Gasteiger partial charge on any atom is 0.475 e. The number of nitrogens with one attached hydrogen (secondary N) is 2. The number of carbonyl (C=O) groups is 1. The smallest absolute Gasteiger partial charge is 0.426 e. The molecule has 2 fully saturated rings. The lowest BCUT2D eigenvalue weighted by Crippen LogP contribution is -2.41. The fourth-order valence-electron chi connectivity index (χ4n) is 2.38. The summed E-state index contributed by atoms with van der Waals surface area (Å²) in [6.45, 7) is 6.25. The Morgan fingerprint density at radius 3 is 2.72 bits per heavy atom. The highest BCUT2D eigenvalue weighted by atomic mass is 16.4. The highest BCUT2D eigenvalue weighted by Gasteiger charge is 2.32. The number of rotatable bonds is 4. The number of likely N-dealkylation sites (N-methyl/N-ethyl adjacent to an activating group) is 1. The summed E-state index contributed by atoms with van der Waals surface area (Å²) in [5, 5.41) is 24.1. The van der Waals surface area contributed by atoms with Gasteiger partial charge in [0.2, 0.25) is 6.41 Å². The summed E-state index contributed by atoms with van der Waals surface area (Å²) in [4.78, 5) is 11.6. The second-order valence-corrected chi connectivity index (χ2v) is 4.71. The second kappa shape index (κ2) is 8.47. The number of carbonyl (C=O) groups excluding carboxylic acids is 1. The van der Waals surface area contributed by atoms with Gasteiger partial charge < -0.3 is 25.6 Å². The van der Waals surface area contributed by atoms with Crippen LogP contribution in [0.15, 0.2) is 0 Å². The fourth-order valence-corrected chi connectivity index (χ4v) is 2.38. The van der Waals surface area contributed by atoms with Crippen molar-refractivity contribution >= 4 is 13.5 Å². The molecule has 104 valence electrons. The third-order valence-corrected chi connectivity index (χ3v) is 3.37. The zero-order valence-corrected chi connectivity index (χ0v) is 11.0. The summed E-state index contributed by atoms with van der Waals surface area (Å²) in [7, 11) is -1.38. The second-order valence-electron chi connectivity index (χ2n) is 4.71. The Labute approximate surface area is 109 Å². The molecule has 0 aliphatic carbocycles. The van der Waals surface area contributed by atoms with Crippen LogP contribution in [0.3, 0.4) is 0 Å². The predicted molar refractivity (Wildman–Crippen MR) is 70.9 cm³/mol. The van der Waals surface area contributed by atoms with Gasteiger partial charge in [-0.1, -0.05) is 6.92 Å². The van der Waals surface area contributed by atoms with E-state index in [0.717, 1.165) is 25.6 Å². The lowest BCUT2D eigenvalue weighted by Gasteiger charge is -2.17. The Morgan fingerprint density at radius 2 is 2.28 bits per heavy atom. The van der Waals surface area contributed by atoms with Crippen molar-refractivity contribution in [3.05, 3.63) is 0 Å². The molecule has 4 N–H and O–H groups in total. The van der Waals surface area contributed by atoms with E-state index in [-0.39, 0.29) is 5.94 Å². The van der Waals surface area contributed by atoms with E-state index in [1.807, 2.05) is 0 Å². The summed E-state index contributed by atoms with van der Waals surface area (Å²) in [6.07, 6.45) is 3.52. The maximum absolute atomic E-state index is 10.2. The van der Waals surface area contributed by atoms with Gasteiger partial charge in [-0.05, 0) is 32.4 Å². The molecule has 2 unspecified atom stereocenters. The Hall–Kier alpha value is -0.625. The van der Waals surface area contributed by atoms with Gasteiger partial charge in [-0.25, -0.2) is 0 Å². The zero-order valence-electron chi connectivity index (χ0n) is 11.0. The van der Waals surface area contributed by atoms with Crippen LogP contribution in [-0.2, 0) is 4.79 Å². The molecular weight excluding hydrogens is 233 g/mol. The average Bonchev–Trinajstić information content (AvgIpc) is 3.00. The third kappa shape index (κ3) is 4.93. The lowest BCUT2D eigenvalue weighted by atomic mass is 9.78. The summed E-state index contributed by atoms with van der Waals surface area (Å²) in [5.74, 6) is -0.377. The SMILES string of the molecule is CCNC1CCNC1.O=CN1CCCC1B(O)O. The molecule has 18 heavy (non-hydrogen) atoms. The Balaban J connectivity index is 0.000000184. The molecule has 0 radical (unpaired) electrons. The minimum Gasteiger partial charge on any atom is -0.426 e. The minimum absolute atomic E-state index is 0.377. The zero-order chi connectivity index (χ0) is 13.4. The van der Waals surface area contributed by atoms with Gasteiger partial charge in [0.15, 0.2) is 0 Å². The van der Waals surface area contributed by atoms with Crippen LogP contribution in [0.1, 0.15) is 26.2 Å². The van der Waals surface area contributed by atoms with E-state index in [1.54, 1.807) is 0 Å². The molecule has 0 aromatic rings. The van der Waals surface area contributed by atoms with E-state index in [2.05, 4.69) is 17.6 Å². The topological polar surface area (TPSA) is 84.8 Å². The van der Waals surface area contributed by atoms with Crippen molar-refractivity contribution in [1.82, 2.24) is 15.5 Å². The highest BCUT2D eigenvalue weighted by Crippen LogP contribution is 2.15. The molecule has 2 heterocycles. The van der Waals surface area contributed by atoms with Crippen LogP contribution in [0, 0.1) is 0 Å². The number of amides is 1. The van der Waals surface area contributed by atoms with Crippen molar-refractivity contribution in [2.45, 2.75) is 38.2 Å². The summed E-state index contributed by atoms with van der Waals surface area (Å²) >= 11 is 0. The molecule has 0 aromatic heterocycles. The Morgan fingerprint density at radius 1 is 1.50 bits per heavy atom. The van der Waals surface area contributed by atoms with Crippen molar-refractivity contribution in [3.63, 3.8) is 0 Å². The first-order valence-corrected chi connectivity index (χ1v) is 6.70. The lowest BCUT2D eigenvalue weighted by molar-refractivity contribution is -0.118. The summed E-state index contributed by atoms with van der Waals surface area (Å²) in [5.41, 5.74) is 0. The number of nitrogens with zero attached hydrogens (tertiary/aromatic N) is 1. The third-order valence-electron chi connectivity index (χ3n) is 3.37. The number of likely N-dealkylation sites (tertiary alicyclic amines) is 1. The van der Waals surface area contributed by atoms with Crippen LogP contribution in [0.2, 0.25) is 0 Å². The van der Waals surface area contributed by atoms with Gasteiger partial charge in [0.25, 0.3) is 0 Å². The quantitative estimate of drug-likeness (QED) is 0.367. The minimum atomic E-state index is -1.38. The monoisotopic (exact) mass is 257 g/mol. The number of hydrogen-bond acceptors (Lipinski definition) is 5. The van der Waals surface area contributed by atoms with Gasteiger partial charge in [-0.3, -0.25) is 4.79 Å². The molecule has 7 heteroatoms. The van der Waals surface area contributed by atoms with Crippen molar-refractivity contribution in [2.75, 3.05) is 26.2 Å². The Kier molecular flexibility index (Phi) is 7.26. The molecule has 2 saturated heterocycles. The fraction of sp³-hybridized carbons (Fsp3) is 0.909. The van der Waals surface area contributed by atoms with Crippen molar-refractivity contribution in [1.29, 1.82) is 0 Å². The average molecular weight is 257 g/mol. The van der Waals surface area contributed by atoms with E-state index in [9.17, 15) is 4.79 Å². The molecule has 0 saturated carbocycles. The molecule has 0 spiro atoms. The molecule has 2 aliphatic rings. The van der Waals surface area contributed by atoms with Crippen LogP contribution >= 0.6 is 0 Å². The molecule has 0 bridgehead atoms. The van der Waals surface area contributed by atoms with Gasteiger partial charge in [0, 0.05) is 19.1 Å². The molecule has 1 amide bonds. The molecular formula is C11H24BN3O3.